The van der Waals surface area contributed by atoms with Gasteiger partial charge in [-0.05, 0) is 37.2 Å². The molecular weight excluding hydrogens is 525 g/mol. The Labute approximate surface area is 257 Å². The molecule has 0 atom stereocenters. The van der Waals surface area contributed by atoms with Gasteiger partial charge < -0.3 is 0 Å². The Morgan fingerprint density at radius 3 is 1.05 bits per heavy atom. The molecule has 0 N–H and O–H groups in total. The second kappa shape index (κ2) is 25.7. The van der Waals surface area contributed by atoms with Crippen LogP contribution >= 0.6 is 23.5 Å². The molecule has 0 aliphatic carbocycles. The second-order valence-electron chi connectivity index (χ2n) is 11.6. The number of pyridine rings is 2. The third-order valence-corrected chi connectivity index (χ3v) is 10.0. The topological polar surface area (TPSA) is 7.76 Å². The first-order valence-corrected chi connectivity index (χ1v) is 19.0. The molecule has 0 spiro atoms. The summed E-state index contributed by atoms with van der Waals surface area (Å²) in [6, 6.07) is 9.24. The molecule has 0 aromatic carbocycles. The fourth-order valence-electron chi connectivity index (χ4n) is 5.17. The Kier molecular flexibility index (Phi) is 22.6. The summed E-state index contributed by atoms with van der Waals surface area (Å²) in [5.41, 5.74) is 0. The summed E-state index contributed by atoms with van der Waals surface area (Å²) in [5, 5.41) is 0. The minimum atomic E-state index is 1.17. The maximum Gasteiger partial charge on any atom is 0.169 e. The molecule has 0 bridgehead atoms. The van der Waals surface area contributed by atoms with Crippen LogP contribution in [0.4, 0.5) is 0 Å². The van der Waals surface area contributed by atoms with Gasteiger partial charge in [-0.2, -0.15) is 0 Å². The van der Waals surface area contributed by atoms with Gasteiger partial charge in [0, 0.05) is 46.9 Å². The SMILES string of the molecule is CCCCCCCCCC[n+]1ccc(SCCCCCCSc2cc[n+](CCCCCCCCCC)cc2)cc1. The van der Waals surface area contributed by atoms with E-state index in [1.807, 2.05) is 23.5 Å². The van der Waals surface area contributed by atoms with Gasteiger partial charge >= 0.3 is 0 Å². The minimum absolute atomic E-state index is 1.17. The quantitative estimate of drug-likeness (QED) is 0.0584. The summed E-state index contributed by atoms with van der Waals surface area (Å²) in [4.78, 5) is 2.85. The van der Waals surface area contributed by atoms with E-state index in [4.69, 9.17) is 0 Å². The van der Waals surface area contributed by atoms with Crippen LogP contribution in [0.5, 0.6) is 0 Å². The van der Waals surface area contributed by atoms with Gasteiger partial charge in [0.2, 0.25) is 0 Å². The number of hydrogen-bond acceptors (Lipinski definition) is 2. The molecule has 2 aromatic rings. The third-order valence-electron chi connectivity index (χ3n) is 7.84. The Hall–Kier alpha value is -1.00. The Bertz CT molecular complexity index is 737. The molecular formula is C36H62N2S2+2. The Morgan fingerprint density at radius 1 is 0.400 bits per heavy atom. The zero-order chi connectivity index (χ0) is 28.4. The summed E-state index contributed by atoms with van der Waals surface area (Å²) < 4.78 is 4.73. The van der Waals surface area contributed by atoms with Crippen LogP contribution in [-0.2, 0) is 13.1 Å². The summed E-state index contributed by atoms with van der Waals surface area (Å²) in [6.07, 6.45) is 36.7. The van der Waals surface area contributed by atoms with Crippen molar-refractivity contribution in [1.29, 1.82) is 0 Å². The lowest BCUT2D eigenvalue weighted by atomic mass is 10.1. The van der Waals surface area contributed by atoms with E-state index in [1.165, 1.54) is 163 Å². The maximum atomic E-state index is 2.36. The monoisotopic (exact) mass is 586 g/mol. The van der Waals surface area contributed by atoms with Gasteiger partial charge in [0.05, 0.1) is 0 Å². The summed E-state index contributed by atoms with van der Waals surface area (Å²) in [7, 11) is 0. The fraction of sp³-hybridized carbons (Fsp3) is 0.722. The molecule has 2 heterocycles. The van der Waals surface area contributed by atoms with Crippen LogP contribution in [0.15, 0.2) is 58.8 Å². The second-order valence-corrected chi connectivity index (χ2v) is 13.9. The average Bonchev–Trinajstić information content (AvgIpc) is 2.98. The number of hydrogen-bond donors (Lipinski definition) is 0. The van der Waals surface area contributed by atoms with Crippen LogP contribution in [0.3, 0.4) is 0 Å². The number of thioether (sulfide) groups is 2. The zero-order valence-electron chi connectivity index (χ0n) is 26.3. The summed E-state index contributed by atoms with van der Waals surface area (Å²) in [6.45, 7) is 6.92. The molecule has 0 saturated carbocycles. The fourth-order valence-corrected chi connectivity index (χ4v) is 6.97. The lowest BCUT2D eigenvalue weighted by Gasteiger charge is -2.04. The first-order chi connectivity index (χ1) is 19.8. The van der Waals surface area contributed by atoms with Crippen molar-refractivity contribution in [2.75, 3.05) is 11.5 Å². The van der Waals surface area contributed by atoms with Gasteiger partial charge in [-0.1, -0.05) is 104 Å². The van der Waals surface area contributed by atoms with E-state index >= 15 is 0 Å². The molecule has 0 saturated heterocycles. The predicted octanol–water partition coefficient (Wildman–Crippen LogP) is 11.0. The standard InChI is InChI=1S/C36H62N2S2/c1-3-5-7-9-11-13-15-19-27-37-29-23-35(24-30-37)39-33-21-17-18-22-34-40-36-25-31-38(32-26-36)28-20-16-14-12-10-8-6-4-2/h23-26,29-32H,3-22,27-28,33-34H2,1-2H3/q+2. The highest BCUT2D eigenvalue weighted by Gasteiger charge is 2.04. The Morgan fingerprint density at radius 2 is 0.700 bits per heavy atom. The number of aryl methyl sites for hydroxylation is 2. The summed E-state index contributed by atoms with van der Waals surface area (Å²) in [5.74, 6) is 2.49. The molecule has 0 unspecified atom stereocenters. The van der Waals surface area contributed by atoms with E-state index in [2.05, 4.69) is 72.0 Å². The van der Waals surface area contributed by atoms with E-state index in [0.717, 1.165) is 0 Å². The predicted molar refractivity (Wildman–Crippen MR) is 178 cm³/mol. The minimum Gasteiger partial charge on any atom is -0.205 e. The number of aromatic nitrogens is 2. The molecule has 2 rings (SSSR count). The van der Waals surface area contributed by atoms with E-state index < -0.39 is 0 Å². The molecule has 0 radical (unpaired) electrons. The van der Waals surface area contributed by atoms with Crippen LogP contribution < -0.4 is 9.13 Å². The van der Waals surface area contributed by atoms with E-state index in [-0.39, 0.29) is 0 Å². The van der Waals surface area contributed by atoms with E-state index in [0.29, 0.717) is 0 Å². The normalized spacial score (nSPS) is 11.3. The highest BCUT2D eigenvalue weighted by atomic mass is 32.2. The van der Waals surface area contributed by atoms with Crippen LogP contribution in [0.1, 0.15) is 142 Å². The van der Waals surface area contributed by atoms with Crippen molar-refractivity contribution >= 4 is 23.5 Å². The first-order valence-electron chi connectivity index (χ1n) is 17.1. The molecule has 0 amide bonds. The highest BCUT2D eigenvalue weighted by Crippen LogP contribution is 2.21. The lowest BCUT2D eigenvalue weighted by molar-refractivity contribution is -0.697. The van der Waals surface area contributed by atoms with Crippen molar-refractivity contribution in [3.05, 3.63) is 49.1 Å². The molecule has 2 aromatic heterocycles. The maximum absolute atomic E-state index is 2.36. The van der Waals surface area contributed by atoms with Crippen LogP contribution in [-0.4, -0.2) is 11.5 Å². The number of nitrogens with zero attached hydrogens (tertiary/aromatic N) is 2. The Balaban J connectivity index is 1.40. The average molecular weight is 587 g/mol. The molecule has 2 nitrogen and oxygen atoms in total. The van der Waals surface area contributed by atoms with E-state index in [9.17, 15) is 0 Å². The molecule has 0 aliphatic heterocycles. The van der Waals surface area contributed by atoms with Crippen molar-refractivity contribution in [2.45, 2.75) is 165 Å². The van der Waals surface area contributed by atoms with Gasteiger partial charge in [0.15, 0.2) is 24.8 Å². The molecule has 0 aliphatic rings. The van der Waals surface area contributed by atoms with Crippen LogP contribution in [0, 0.1) is 0 Å². The van der Waals surface area contributed by atoms with Gasteiger partial charge in [-0.3, -0.25) is 0 Å². The van der Waals surface area contributed by atoms with E-state index in [1.54, 1.807) is 0 Å². The van der Waals surface area contributed by atoms with Gasteiger partial charge in [0.25, 0.3) is 0 Å². The van der Waals surface area contributed by atoms with Crippen molar-refractivity contribution < 1.29 is 9.13 Å². The van der Waals surface area contributed by atoms with Crippen LogP contribution in [0.25, 0.3) is 0 Å². The van der Waals surface area contributed by atoms with Gasteiger partial charge in [-0.15, -0.1) is 23.5 Å². The van der Waals surface area contributed by atoms with Crippen molar-refractivity contribution in [3.63, 3.8) is 0 Å². The highest BCUT2D eigenvalue weighted by molar-refractivity contribution is 7.99. The molecule has 40 heavy (non-hydrogen) atoms. The molecule has 4 heteroatoms. The lowest BCUT2D eigenvalue weighted by Crippen LogP contribution is -2.32. The number of unbranched alkanes of at least 4 members (excludes halogenated alkanes) is 17. The number of rotatable bonds is 27. The summed E-state index contributed by atoms with van der Waals surface area (Å²) >= 11 is 4.05. The van der Waals surface area contributed by atoms with Gasteiger partial charge in [0.1, 0.15) is 13.1 Å². The van der Waals surface area contributed by atoms with Crippen LogP contribution in [0.2, 0.25) is 0 Å². The van der Waals surface area contributed by atoms with Crippen molar-refractivity contribution in [1.82, 2.24) is 0 Å². The third kappa shape index (κ3) is 19.2. The largest absolute Gasteiger partial charge is 0.205 e. The van der Waals surface area contributed by atoms with Crippen molar-refractivity contribution in [3.8, 4) is 0 Å². The molecule has 0 fully saturated rings. The van der Waals surface area contributed by atoms with Gasteiger partial charge in [-0.25, -0.2) is 9.13 Å². The first kappa shape index (κ1) is 35.2. The zero-order valence-corrected chi connectivity index (χ0v) is 27.9. The molecule has 226 valence electrons. The van der Waals surface area contributed by atoms with Crippen molar-refractivity contribution in [2.24, 2.45) is 0 Å². The smallest absolute Gasteiger partial charge is 0.169 e.